The lowest BCUT2D eigenvalue weighted by Crippen LogP contribution is -2.05. The van der Waals surface area contributed by atoms with E-state index in [1.165, 1.54) is 16.8 Å². The molecule has 0 aliphatic carbocycles. The third kappa shape index (κ3) is 2.78. The second kappa shape index (κ2) is 5.38. The van der Waals surface area contributed by atoms with E-state index in [1.54, 1.807) is 48.8 Å². The van der Waals surface area contributed by atoms with Gasteiger partial charge in [-0.3, -0.25) is 0 Å². The van der Waals surface area contributed by atoms with Crippen molar-refractivity contribution in [2.45, 2.75) is 4.90 Å². The van der Waals surface area contributed by atoms with Crippen LogP contribution in [-0.4, -0.2) is 24.5 Å². The molecule has 22 heavy (non-hydrogen) atoms. The van der Waals surface area contributed by atoms with Crippen LogP contribution in [0, 0.1) is 5.82 Å². The molecule has 1 heterocycles. The van der Waals surface area contributed by atoms with E-state index < -0.39 is 9.84 Å². The Bertz CT molecular complexity index is 915. The van der Waals surface area contributed by atoms with Gasteiger partial charge in [-0.1, -0.05) is 24.3 Å². The molecule has 0 N–H and O–H groups in total. The Labute approximate surface area is 127 Å². The summed E-state index contributed by atoms with van der Waals surface area (Å²) in [4.78, 5) is 0.212. The van der Waals surface area contributed by atoms with Crippen molar-refractivity contribution < 1.29 is 12.8 Å². The lowest BCUT2D eigenvalue weighted by atomic mass is 10.1. The molecule has 0 saturated heterocycles. The summed E-state index contributed by atoms with van der Waals surface area (Å²) in [6.07, 6.45) is 4.50. The molecule has 0 amide bonds. The SMILES string of the molecule is CS(=O)(=O)c1ccccc1-n1cc(-c2ccc(F)cc2)cn1. The van der Waals surface area contributed by atoms with E-state index in [0.29, 0.717) is 5.69 Å². The highest BCUT2D eigenvalue weighted by molar-refractivity contribution is 7.90. The number of hydrogen-bond donors (Lipinski definition) is 0. The monoisotopic (exact) mass is 316 g/mol. The summed E-state index contributed by atoms with van der Waals surface area (Å²) in [6, 6.07) is 12.7. The third-order valence-electron chi connectivity index (χ3n) is 3.27. The summed E-state index contributed by atoms with van der Waals surface area (Å²) in [7, 11) is -3.35. The van der Waals surface area contributed by atoms with Gasteiger partial charge < -0.3 is 0 Å². The van der Waals surface area contributed by atoms with Crippen LogP contribution in [0.25, 0.3) is 16.8 Å². The van der Waals surface area contributed by atoms with Crippen molar-refractivity contribution in [3.05, 3.63) is 66.7 Å². The van der Waals surface area contributed by atoms with Crippen LogP contribution in [0.3, 0.4) is 0 Å². The minimum Gasteiger partial charge on any atom is -0.239 e. The maximum Gasteiger partial charge on any atom is 0.177 e. The van der Waals surface area contributed by atoms with Gasteiger partial charge in [-0.15, -0.1) is 0 Å². The van der Waals surface area contributed by atoms with Crippen molar-refractivity contribution in [3.8, 4) is 16.8 Å². The zero-order chi connectivity index (χ0) is 15.7. The number of hydrogen-bond acceptors (Lipinski definition) is 3. The highest BCUT2D eigenvalue weighted by Gasteiger charge is 2.15. The van der Waals surface area contributed by atoms with E-state index in [1.807, 2.05) is 0 Å². The molecule has 1 aromatic heterocycles. The molecule has 112 valence electrons. The van der Waals surface area contributed by atoms with Crippen molar-refractivity contribution in [2.75, 3.05) is 6.26 Å². The predicted octanol–water partition coefficient (Wildman–Crippen LogP) is 3.08. The quantitative estimate of drug-likeness (QED) is 0.746. The van der Waals surface area contributed by atoms with E-state index in [2.05, 4.69) is 5.10 Å². The second-order valence-electron chi connectivity index (χ2n) is 4.92. The first-order valence-corrected chi connectivity index (χ1v) is 8.44. The summed E-state index contributed by atoms with van der Waals surface area (Å²) in [6.45, 7) is 0. The Balaban J connectivity index is 2.07. The topological polar surface area (TPSA) is 52.0 Å². The summed E-state index contributed by atoms with van der Waals surface area (Å²) in [5.74, 6) is -0.307. The predicted molar refractivity (Wildman–Crippen MR) is 82.1 cm³/mol. The number of aromatic nitrogens is 2. The van der Waals surface area contributed by atoms with Crippen LogP contribution in [0.15, 0.2) is 65.8 Å². The Morgan fingerprint density at radius 2 is 1.68 bits per heavy atom. The van der Waals surface area contributed by atoms with E-state index in [4.69, 9.17) is 0 Å². The van der Waals surface area contributed by atoms with Gasteiger partial charge in [-0.25, -0.2) is 17.5 Å². The molecule has 0 radical (unpaired) electrons. The van der Waals surface area contributed by atoms with Gasteiger partial charge in [-0.05, 0) is 29.8 Å². The number of benzene rings is 2. The third-order valence-corrected chi connectivity index (χ3v) is 4.42. The first kappa shape index (κ1) is 14.5. The van der Waals surface area contributed by atoms with Gasteiger partial charge in [0.15, 0.2) is 9.84 Å². The minimum absolute atomic E-state index is 0.212. The minimum atomic E-state index is -3.35. The van der Waals surface area contributed by atoms with E-state index in [-0.39, 0.29) is 10.7 Å². The maximum absolute atomic E-state index is 13.0. The van der Waals surface area contributed by atoms with Gasteiger partial charge in [0.2, 0.25) is 0 Å². The van der Waals surface area contributed by atoms with Crippen molar-refractivity contribution in [1.82, 2.24) is 9.78 Å². The lowest BCUT2D eigenvalue weighted by molar-refractivity contribution is 0.600. The number of halogens is 1. The molecular formula is C16H13FN2O2S. The molecular weight excluding hydrogens is 303 g/mol. The molecule has 2 aromatic carbocycles. The largest absolute Gasteiger partial charge is 0.239 e. The van der Waals surface area contributed by atoms with Crippen LogP contribution in [0.2, 0.25) is 0 Å². The Hall–Kier alpha value is -2.47. The van der Waals surface area contributed by atoms with E-state index >= 15 is 0 Å². The van der Waals surface area contributed by atoms with E-state index in [9.17, 15) is 12.8 Å². The fourth-order valence-corrected chi connectivity index (χ4v) is 3.07. The van der Waals surface area contributed by atoms with Gasteiger partial charge in [0.1, 0.15) is 5.82 Å². The smallest absolute Gasteiger partial charge is 0.177 e. The maximum atomic E-state index is 13.0. The van der Waals surface area contributed by atoms with Crippen LogP contribution in [0.5, 0.6) is 0 Å². The first-order valence-electron chi connectivity index (χ1n) is 6.55. The van der Waals surface area contributed by atoms with Gasteiger partial charge in [0, 0.05) is 18.0 Å². The van der Waals surface area contributed by atoms with E-state index in [0.717, 1.165) is 17.4 Å². The Morgan fingerprint density at radius 3 is 2.36 bits per heavy atom. The molecule has 0 atom stereocenters. The molecule has 3 aromatic rings. The molecule has 0 saturated carbocycles. The van der Waals surface area contributed by atoms with Gasteiger partial charge in [-0.2, -0.15) is 5.10 Å². The molecule has 0 aliphatic heterocycles. The number of sulfone groups is 1. The molecule has 0 unspecified atom stereocenters. The van der Waals surface area contributed by atoms with Crippen LogP contribution < -0.4 is 0 Å². The summed E-state index contributed by atoms with van der Waals surface area (Å²) >= 11 is 0. The zero-order valence-electron chi connectivity index (χ0n) is 11.8. The Morgan fingerprint density at radius 1 is 1.00 bits per heavy atom. The number of para-hydroxylation sites is 1. The molecule has 0 spiro atoms. The number of rotatable bonds is 3. The fourth-order valence-electron chi connectivity index (χ4n) is 2.21. The van der Waals surface area contributed by atoms with Gasteiger partial charge in [0.25, 0.3) is 0 Å². The first-order chi connectivity index (χ1) is 10.4. The fraction of sp³-hybridized carbons (Fsp3) is 0.0625. The molecule has 3 rings (SSSR count). The van der Waals surface area contributed by atoms with Gasteiger partial charge >= 0.3 is 0 Å². The van der Waals surface area contributed by atoms with Crippen molar-refractivity contribution in [2.24, 2.45) is 0 Å². The highest BCUT2D eigenvalue weighted by atomic mass is 32.2. The van der Waals surface area contributed by atoms with Crippen LogP contribution in [0.4, 0.5) is 4.39 Å². The molecule has 0 aliphatic rings. The molecule has 4 nitrogen and oxygen atoms in total. The lowest BCUT2D eigenvalue weighted by Gasteiger charge is -2.07. The summed E-state index contributed by atoms with van der Waals surface area (Å²) < 4.78 is 38.2. The Kier molecular flexibility index (Phi) is 3.54. The highest BCUT2D eigenvalue weighted by Crippen LogP contribution is 2.23. The van der Waals surface area contributed by atoms with Crippen LogP contribution in [0.1, 0.15) is 0 Å². The standard InChI is InChI=1S/C16H13FN2O2S/c1-22(20,21)16-5-3-2-4-15(16)19-11-13(10-18-19)12-6-8-14(17)9-7-12/h2-11H,1H3. The summed E-state index contributed by atoms with van der Waals surface area (Å²) in [5.41, 5.74) is 2.08. The van der Waals surface area contributed by atoms with Crippen molar-refractivity contribution >= 4 is 9.84 Å². The van der Waals surface area contributed by atoms with Gasteiger partial charge in [0.05, 0.1) is 16.8 Å². The van der Waals surface area contributed by atoms with Crippen LogP contribution in [-0.2, 0) is 9.84 Å². The van der Waals surface area contributed by atoms with Crippen molar-refractivity contribution in [3.63, 3.8) is 0 Å². The second-order valence-corrected chi connectivity index (χ2v) is 6.90. The van der Waals surface area contributed by atoms with Crippen molar-refractivity contribution in [1.29, 1.82) is 0 Å². The average Bonchev–Trinajstić information content (AvgIpc) is 2.97. The average molecular weight is 316 g/mol. The van der Waals surface area contributed by atoms with Crippen LogP contribution >= 0.6 is 0 Å². The molecule has 6 heteroatoms. The zero-order valence-corrected chi connectivity index (χ0v) is 12.6. The molecule has 0 bridgehead atoms. The summed E-state index contributed by atoms with van der Waals surface area (Å²) in [5, 5.41) is 4.22. The normalized spacial score (nSPS) is 11.5. The number of nitrogens with zero attached hydrogens (tertiary/aromatic N) is 2. The molecule has 0 fully saturated rings.